The smallest absolute Gasteiger partial charge is 0.255 e. The number of aromatic nitrogens is 1. The zero-order chi connectivity index (χ0) is 16.7. The first-order valence-electron chi connectivity index (χ1n) is 8.01. The third-order valence-electron chi connectivity index (χ3n) is 4.58. The van der Waals surface area contributed by atoms with E-state index in [0.717, 1.165) is 33.1 Å². The molecule has 1 aromatic heterocycles. The van der Waals surface area contributed by atoms with Crippen LogP contribution in [0.3, 0.4) is 0 Å². The SMILES string of the molecule is Cc1[nH]c2ccc(C(=O)Nc3ccc4ccccc4c3)cc2c1C. The lowest BCUT2D eigenvalue weighted by Gasteiger charge is -2.07. The van der Waals surface area contributed by atoms with Crippen LogP contribution in [0.2, 0.25) is 0 Å². The van der Waals surface area contributed by atoms with Crippen LogP contribution in [0.4, 0.5) is 5.69 Å². The predicted octanol–water partition coefficient (Wildman–Crippen LogP) is 5.19. The Morgan fingerprint density at radius 3 is 2.54 bits per heavy atom. The first-order valence-corrected chi connectivity index (χ1v) is 8.01. The molecule has 0 aliphatic rings. The summed E-state index contributed by atoms with van der Waals surface area (Å²) in [5.41, 5.74) is 4.85. The Hall–Kier alpha value is -3.07. The van der Waals surface area contributed by atoms with Gasteiger partial charge in [0.05, 0.1) is 0 Å². The van der Waals surface area contributed by atoms with Crippen molar-refractivity contribution >= 4 is 33.3 Å². The number of carbonyl (C=O) groups is 1. The third-order valence-corrected chi connectivity index (χ3v) is 4.58. The van der Waals surface area contributed by atoms with Crippen molar-refractivity contribution in [1.82, 2.24) is 4.98 Å². The van der Waals surface area contributed by atoms with Crippen molar-refractivity contribution < 1.29 is 4.79 Å². The summed E-state index contributed by atoms with van der Waals surface area (Å²) in [5, 5.41) is 6.36. The summed E-state index contributed by atoms with van der Waals surface area (Å²) in [6.07, 6.45) is 0. The molecule has 0 bridgehead atoms. The quantitative estimate of drug-likeness (QED) is 0.525. The largest absolute Gasteiger partial charge is 0.358 e. The molecule has 3 aromatic carbocycles. The number of nitrogens with one attached hydrogen (secondary N) is 2. The Morgan fingerprint density at radius 1 is 0.917 bits per heavy atom. The van der Waals surface area contributed by atoms with Gasteiger partial charge in [-0.2, -0.15) is 0 Å². The molecule has 1 amide bonds. The molecular weight excluding hydrogens is 296 g/mol. The Labute approximate surface area is 140 Å². The van der Waals surface area contributed by atoms with Gasteiger partial charge in [-0.05, 0) is 60.5 Å². The molecule has 3 heteroatoms. The number of hydrogen-bond acceptors (Lipinski definition) is 1. The van der Waals surface area contributed by atoms with Crippen LogP contribution < -0.4 is 5.32 Å². The minimum atomic E-state index is -0.0922. The van der Waals surface area contributed by atoms with Gasteiger partial charge in [0.2, 0.25) is 0 Å². The number of aromatic amines is 1. The minimum Gasteiger partial charge on any atom is -0.358 e. The number of carbonyl (C=O) groups excluding carboxylic acids is 1. The minimum absolute atomic E-state index is 0.0922. The average Bonchev–Trinajstić information content (AvgIpc) is 2.89. The van der Waals surface area contributed by atoms with Crippen molar-refractivity contribution in [2.24, 2.45) is 0 Å². The highest BCUT2D eigenvalue weighted by molar-refractivity contribution is 6.07. The average molecular weight is 314 g/mol. The van der Waals surface area contributed by atoms with Crippen molar-refractivity contribution in [3.8, 4) is 0 Å². The number of benzene rings is 3. The van der Waals surface area contributed by atoms with E-state index in [2.05, 4.69) is 23.3 Å². The van der Waals surface area contributed by atoms with E-state index in [9.17, 15) is 4.79 Å². The van der Waals surface area contributed by atoms with Crippen LogP contribution in [0.25, 0.3) is 21.7 Å². The molecule has 0 unspecified atom stereocenters. The summed E-state index contributed by atoms with van der Waals surface area (Å²) in [5.74, 6) is -0.0922. The van der Waals surface area contributed by atoms with Crippen molar-refractivity contribution in [1.29, 1.82) is 0 Å². The number of rotatable bonds is 2. The fraction of sp³-hybridized carbons (Fsp3) is 0.0952. The maximum Gasteiger partial charge on any atom is 0.255 e. The molecule has 0 atom stereocenters. The Morgan fingerprint density at radius 2 is 1.71 bits per heavy atom. The van der Waals surface area contributed by atoms with Crippen molar-refractivity contribution in [2.75, 3.05) is 5.32 Å². The summed E-state index contributed by atoms with van der Waals surface area (Å²) in [7, 11) is 0. The van der Waals surface area contributed by atoms with E-state index in [4.69, 9.17) is 0 Å². The summed E-state index contributed by atoms with van der Waals surface area (Å²) in [6.45, 7) is 4.11. The summed E-state index contributed by atoms with van der Waals surface area (Å²) >= 11 is 0. The molecule has 0 spiro atoms. The standard InChI is InChI=1S/C21H18N2O/c1-13-14(2)22-20-10-8-17(12-19(13)20)21(24)23-18-9-7-15-5-3-4-6-16(15)11-18/h3-12,22H,1-2H3,(H,23,24). The molecule has 0 aliphatic carbocycles. The molecule has 1 heterocycles. The predicted molar refractivity (Wildman–Crippen MR) is 99.7 cm³/mol. The van der Waals surface area contributed by atoms with Gasteiger partial charge in [-0.25, -0.2) is 0 Å². The molecule has 4 rings (SSSR count). The van der Waals surface area contributed by atoms with Crippen LogP contribution in [0.5, 0.6) is 0 Å². The van der Waals surface area contributed by atoms with Crippen LogP contribution in [0.1, 0.15) is 21.6 Å². The van der Waals surface area contributed by atoms with Crippen molar-refractivity contribution in [3.63, 3.8) is 0 Å². The normalized spacial score (nSPS) is 11.1. The number of anilines is 1. The molecule has 118 valence electrons. The van der Waals surface area contributed by atoms with Gasteiger partial charge >= 0.3 is 0 Å². The van der Waals surface area contributed by atoms with Crippen LogP contribution in [0.15, 0.2) is 60.7 Å². The van der Waals surface area contributed by atoms with Gasteiger partial charge in [-0.15, -0.1) is 0 Å². The topological polar surface area (TPSA) is 44.9 Å². The highest BCUT2D eigenvalue weighted by atomic mass is 16.1. The zero-order valence-electron chi connectivity index (χ0n) is 13.7. The highest BCUT2D eigenvalue weighted by Gasteiger charge is 2.10. The van der Waals surface area contributed by atoms with E-state index in [-0.39, 0.29) is 5.91 Å². The summed E-state index contributed by atoms with van der Waals surface area (Å²) in [4.78, 5) is 15.9. The fourth-order valence-electron chi connectivity index (χ4n) is 3.07. The molecule has 24 heavy (non-hydrogen) atoms. The van der Waals surface area contributed by atoms with E-state index in [1.807, 2.05) is 61.5 Å². The van der Waals surface area contributed by atoms with Crippen LogP contribution >= 0.6 is 0 Å². The van der Waals surface area contributed by atoms with Gasteiger partial charge in [-0.1, -0.05) is 30.3 Å². The van der Waals surface area contributed by atoms with Crippen molar-refractivity contribution in [2.45, 2.75) is 13.8 Å². The molecule has 0 aliphatic heterocycles. The van der Waals surface area contributed by atoms with E-state index in [1.165, 1.54) is 5.56 Å². The number of aryl methyl sites for hydroxylation is 2. The number of H-pyrrole nitrogens is 1. The van der Waals surface area contributed by atoms with Gasteiger partial charge < -0.3 is 10.3 Å². The third kappa shape index (κ3) is 2.44. The lowest BCUT2D eigenvalue weighted by atomic mass is 10.1. The molecule has 0 saturated heterocycles. The van der Waals surface area contributed by atoms with E-state index in [0.29, 0.717) is 5.56 Å². The second kappa shape index (κ2) is 5.53. The lowest BCUT2D eigenvalue weighted by molar-refractivity contribution is 0.102. The first kappa shape index (κ1) is 14.5. The molecule has 3 nitrogen and oxygen atoms in total. The highest BCUT2D eigenvalue weighted by Crippen LogP contribution is 2.24. The number of hydrogen-bond donors (Lipinski definition) is 2. The van der Waals surface area contributed by atoms with E-state index < -0.39 is 0 Å². The monoisotopic (exact) mass is 314 g/mol. The molecular formula is C21H18N2O. The zero-order valence-corrected chi connectivity index (χ0v) is 13.7. The van der Waals surface area contributed by atoms with Crippen LogP contribution in [-0.2, 0) is 0 Å². The van der Waals surface area contributed by atoms with Crippen molar-refractivity contribution in [3.05, 3.63) is 77.5 Å². The van der Waals surface area contributed by atoms with Gasteiger partial charge in [0.1, 0.15) is 0 Å². The van der Waals surface area contributed by atoms with Gasteiger partial charge in [0.15, 0.2) is 0 Å². The van der Waals surface area contributed by atoms with Crippen LogP contribution in [-0.4, -0.2) is 10.9 Å². The van der Waals surface area contributed by atoms with E-state index in [1.54, 1.807) is 0 Å². The summed E-state index contributed by atoms with van der Waals surface area (Å²) in [6, 6.07) is 19.8. The Bertz CT molecular complexity index is 1080. The van der Waals surface area contributed by atoms with Gasteiger partial charge in [0, 0.05) is 27.8 Å². The lowest BCUT2D eigenvalue weighted by Crippen LogP contribution is -2.11. The maximum atomic E-state index is 12.6. The summed E-state index contributed by atoms with van der Waals surface area (Å²) < 4.78 is 0. The molecule has 4 aromatic rings. The Kier molecular flexibility index (Phi) is 3.35. The first-order chi connectivity index (χ1) is 11.6. The second-order valence-electron chi connectivity index (χ2n) is 6.15. The second-order valence-corrected chi connectivity index (χ2v) is 6.15. The number of fused-ring (bicyclic) bond motifs is 2. The maximum absolute atomic E-state index is 12.6. The fourth-order valence-corrected chi connectivity index (χ4v) is 3.07. The molecule has 2 N–H and O–H groups in total. The van der Waals surface area contributed by atoms with Gasteiger partial charge in [-0.3, -0.25) is 4.79 Å². The molecule has 0 radical (unpaired) electrons. The number of amides is 1. The molecule has 0 fully saturated rings. The Balaban J connectivity index is 1.66. The van der Waals surface area contributed by atoms with E-state index >= 15 is 0 Å². The van der Waals surface area contributed by atoms with Gasteiger partial charge in [0.25, 0.3) is 5.91 Å². The van der Waals surface area contributed by atoms with Crippen LogP contribution in [0, 0.1) is 13.8 Å². The molecule has 0 saturated carbocycles.